The molecule has 3 heteroatoms. The van der Waals surface area contributed by atoms with Gasteiger partial charge >= 0.3 is 5.97 Å². The quantitative estimate of drug-likeness (QED) is 0.776. The van der Waals surface area contributed by atoms with Crippen LogP contribution in [0.2, 0.25) is 0 Å². The van der Waals surface area contributed by atoms with Crippen LogP contribution >= 0.6 is 0 Å². The second-order valence-electron chi connectivity index (χ2n) is 5.81. The second-order valence-corrected chi connectivity index (χ2v) is 5.81. The molecule has 0 aromatic heterocycles. The van der Waals surface area contributed by atoms with Gasteiger partial charge in [0.2, 0.25) is 0 Å². The normalized spacial score (nSPS) is 34.6. The Morgan fingerprint density at radius 2 is 1.88 bits per heavy atom. The fourth-order valence-electron chi connectivity index (χ4n) is 3.19. The molecule has 0 amide bonds. The zero-order valence-electron chi connectivity index (χ0n) is 9.77. The highest BCUT2D eigenvalue weighted by molar-refractivity contribution is 5.71. The van der Waals surface area contributed by atoms with Crippen LogP contribution in [-0.2, 0) is 4.79 Å². The maximum absolute atomic E-state index is 11.2. The van der Waals surface area contributed by atoms with E-state index in [1.165, 1.54) is 32.2 Å². The molecule has 3 aliphatic carbocycles. The Morgan fingerprint density at radius 3 is 2.44 bits per heavy atom. The van der Waals surface area contributed by atoms with Gasteiger partial charge in [-0.2, -0.15) is 0 Å². The summed E-state index contributed by atoms with van der Waals surface area (Å²) >= 11 is 0. The molecule has 0 aromatic carbocycles. The predicted octanol–water partition coefficient (Wildman–Crippen LogP) is 2.11. The highest BCUT2D eigenvalue weighted by Crippen LogP contribution is 2.41. The molecule has 2 atom stereocenters. The van der Waals surface area contributed by atoms with E-state index in [0.29, 0.717) is 6.04 Å². The van der Waals surface area contributed by atoms with Crippen molar-refractivity contribution in [1.82, 2.24) is 4.90 Å². The van der Waals surface area contributed by atoms with E-state index in [9.17, 15) is 9.90 Å². The molecule has 90 valence electrons. The summed E-state index contributed by atoms with van der Waals surface area (Å²) in [6, 6.07) is 1.08. The number of aliphatic carboxylic acids is 1. The van der Waals surface area contributed by atoms with E-state index in [-0.39, 0.29) is 5.92 Å². The average Bonchev–Trinajstić information content (AvgIpc) is 3.13. The van der Waals surface area contributed by atoms with E-state index in [1.807, 2.05) is 0 Å². The molecule has 3 fully saturated rings. The third-order valence-corrected chi connectivity index (χ3v) is 4.40. The average molecular weight is 223 g/mol. The Bertz CT molecular complexity index is 284. The van der Waals surface area contributed by atoms with Gasteiger partial charge in [0, 0.05) is 18.6 Å². The maximum Gasteiger partial charge on any atom is 0.308 e. The number of rotatable bonds is 5. The van der Waals surface area contributed by atoms with Crippen molar-refractivity contribution in [2.45, 2.75) is 57.0 Å². The van der Waals surface area contributed by atoms with Gasteiger partial charge in [0.25, 0.3) is 0 Å². The van der Waals surface area contributed by atoms with E-state index in [1.54, 1.807) is 0 Å². The number of hydrogen-bond acceptors (Lipinski definition) is 2. The van der Waals surface area contributed by atoms with Gasteiger partial charge in [-0.15, -0.1) is 0 Å². The van der Waals surface area contributed by atoms with E-state index < -0.39 is 5.97 Å². The molecule has 16 heavy (non-hydrogen) atoms. The second kappa shape index (κ2) is 4.02. The summed E-state index contributed by atoms with van der Waals surface area (Å²) in [5.74, 6) is 0.235. The molecule has 0 spiro atoms. The molecule has 0 bridgehead atoms. The molecule has 0 aromatic rings. The highest BCUT2D eigenvalue weighted by atomic mass is 16.4. The van der Waals surface area contributed by atoms with Crippen molar-refractivity contribution in [3.05, 3.63) is 0 Å². The van der Waals surface area contributed by atoms with Crippen molar-refractivity contribution in [1.29, 1.82) is 0 Å². The van der Waals surface area contributed by atoms with Gasteiger partial charge in [0.15, 0.2) is 0 Å². The Balaban J connectivity index is 1.68. The number of carboxylic acid groups (broad SMARTS) is 1. The zero-order valence-corrected chi connectivity index (χ0v) is 9.77. The van der Waals surface area contributed by atoms with Crippen LogP contribution < -0.4 is 0 Å². The molecule has 3 aliphatic rings. The van der Waals surface area contributed by atoms with Gasteiger partial charge in [-0.1, -0.05) is 6.42 Å². The first kappa shape index (κ1) is 10.6. The minimum atomic E-state index is -0.566. The first-order valence-corrected chi connectivity index (χ1v) is 6.74. The lowest BCUT2D eigenvalue weighted by atomic mass is 10.0. The lowest BCUT2D eigenvalue weighted by Gasteiger charge is -2.31. The lowest BCUT2D eigenvalue weighted by Crippen LogP contribution is -2.43. The van der Waals surface area contributed by atoms with Gasteiger partial charge in [-0.3, -0.25) is 9.69 Å². The molecule has 2 unspecified atom stereocenters. The topological polar surface area (TPSA) is 40.5 Å². The highest BCUT2D eigenvalue weighted by Gasteiger charge is 2.44. The van der Waals surface area contributed by atoms with E-state index >= 15 is 0 Å². The van der Waals surface area contributed by atoms with Crippen molar-refractivity contribution in [3.63, 3.8) is 0 Å². The molecular formula is C13H21NO2. The van der Waals surface area contributed by atoms with E-state index in [4.69, 9.17) is 0 Å². The number of carbonyl (C=O) groups is 1. The summed E-state index contributed by atoms with van der Waals surface area (Å²) in [5.41, 5.74) is 0. The minimum absolute atomic E-state index is 0.0839. The molecule has 0 radical (unpaired) electrons. The summed E-state index contributed by atoms with van der Waals surface area (Å²) < 4.78 is 0. The molecule has 0 heterocycles. The fourth-order valence-corrected chi connectivity index (χ4v) is 3.19. The van der Waals surface area contributed by atoms with Gasteiger partial charge in [-0.05, 0) is 44.4 Å². The number of carboxylic acids is 1. The SMILES string of the molecule is O=C(O)C1CCCC1N(CC1CC1)C1CC1. The van der Waals surface area contributed by atoms with Crippen LogP contribution in [0.5, 0.6) is 0 Å². The molecule has 3 rings (SSSR count). The predicted molar refractivity (Wildman–Crippen MR) is 61.2 cm³/mol. The Labute approximate surface area is 96.8 Å². The Kier molecular flexibility index (Phi) is 2.66. The molecule has 0 saturated heterocycles. The van der Waals surface area contributed by atoms with Crippen molar-refractivity contribution in [2.75, 3.05) is 6.54 Å². The first-order chi connectivity index (χ1) is 7.75. The minimum Gasteiger partial charge on any atom is -0.481 e. The van der Waals surface area contributed by atoms with Crippen LogP contribution in [-0.4, -0.2) is 34.6 Å². The van der Waals surface area contributed by atoms with Crippen LogP contribution in [0, 0.1) is 11.8 Å². The lowest BCUT2D eigenvalue weighted by molar-refractivity contribution is -0.143. The number of nitrogens with zero attached hydrogens (tertiary/aromatic N) is 1. The van der Waals surface area contributed by atoms with Gasteiger partial charge < -0.3 is 5.11 Å². The first-order valence-electron chi connectivity index (χ1n) is 6.74. The van der Waals surface area contributed by atoms with Crippen molar-refractivity contribution < 1.29 is 9.90 Å². The molecule has 3 nitrogen and oxygen atoms in total. The fraction of sp³-hybridized carbons (Fsp3) is 0.923. The van der Waals surface area contributed by atoms with Gasteiger partial charge in [0.05, 0.1) is 5.92 Å². The van der Waals surface area contributed by atoms with Crippen molar-refractivity contribution >= 4 is 5.97 Å². The third kappa shape index (κ3) is 2.10. The monoisotopic (exact) mass is 223 g/mol. The third-order valence-electron chi connectivity index (χ3n) is 4.40. The smallest absolute Gasteiger partial charge is 0.308 e. The molecular weight excluding hydrogens is 202 g/mol. The van der Waals surface area contributed by atoms with Crippen molar-refractivity contribution in [3.8, 4) is 0 Å². The van der Waals surface area contributed by atoms with Gasteiger partial charge in [-0.25, -0.2) is 0 Å². The summed E-state index contributed by atoms with van der Waals surface area (Å²) in [6.07, 6.45) is 8.45. The summed E-state index contributed by atoms with van der Waals surface area (Å²) in [4.78, 5) is 13.8. The van der Waals surface area contributed by atoms with E-state index in [0.717, 1.165) is 31.2 Å². The molecule has 1 N–H and O–H groups in total. The summed E-state index contributed by atoms with van der Waals surface area (Å²) in [5, 5.41) is 9.26. The Hall–Kier alpha value is -0.570. The maximum atomic E-state index is 11.2. The van der Waals surface area contributed by atoms with Crippen LogP contribution in [0.3, 0.4) is 0 Å². The Morgan fingerprint density at radius 1 is 1.12 bits per heavy atom. The van der Waals surface area contributed by atoms with Crippen LogP contribution in [0.25, 0.3) is 0 Å². The van der Waals surface area contributed by atoms with Crippen LogP contribution in [0.1, 0.15) is 44.9 Å². The standard InChI is InChI=1S/C13H21NO2/c15-13(16)11-2-1-3-12(11)14(10-6-7-10)8-9-4-5-9/h9-12H,1-8H2,(H,15,16). The van der Waals surface area contributed by atoms with Gasteiger partial charge in [0.1, 0.15) is 0 Å². The number of hydrogen-bond donors (Lipinski definition) is 1. The molecule has 0 aliphatic heterocycles. The zero-order chi connectivity index (χ0) is 11.1. The van der Waals surface area contributed by atoms with Crippen LogP contribution in [0.15, 0.2) is 0 Å². The summed E-state index contributed by atoms with van der Waals surface area (Å²) in [7, 11) is 0. The van der Waals surface area contributed by atoms with Crippen molar-refractivity contribution in [2.24, 2.45) is 11.8 Å². The largest absolute Gasteiger partial charge is 0.481 e. The molecule has 3 saturated carbocycles. The summed E-state index contributed by atoms with van der Waals surface area (Å²) in [6.45, 7) is 1.18. The van der Waals surface area contributed by atoms with Crippen LogP contribution in [0.4, 0.5) is 0 Å². The van der Waals surface area contributed by atoms with E-state index in [2.05, 4.69) is 4.90 Å².